The van der Waals surface area contributed by atoms with Crippen LogP contribution in [0.3, 0.4) is 0 Å². The van der Waals surface area contributed by atoms with E-state index in [1.165, 1.54) is 45.2 Å². The average Bonchev–Trinajstić information content (AvgIpc) is 2.13. The number of nitrogens with zero attached hydrogens (tertiary/aromatic N) is 1. The second-order valence-electron chi connectivity index (χ2n) is 4.46. The lowest BCUT2D eigenvalue weighted by Crippen LogP contribution is -2.41. The topological polar surface area (TPSA) is 15.3 Å². The van der Waals surface area contributed by atoms with E-state index in [0.717, 1.165) is 13.1 Å². The molecule has 0 radical (unpaired) electrons. The molecular weight excluding hydrogens is 172 g/mol. The van der Waals surface area contributed by atoms with Gasteiger partial charge in [0.25, 0.3) is 0 Å². The summed E-state index contributed by atoms with van der Waals surface area (Å²) in [5.41, 5.74) is 0. The molecule has 0 aromatic rings. The monoisotopic (exact) mass is 198 g/mol. The molecule has 1 fully saturated rings. The average molecular weight is 198 g/mol. The van der Waals surface area contributed by atoms with Crippen LogP contribution in [0.1, 0.15) is 46.0 Å². The van der Waals surface area contributed by atoms with Crippen LogP contribution < -0.4 is 5.32 Å². The van der Waals surface area contributed by atoms with Crippen LogP contribution in [0.2, 0.25) is 0 Å². The van der Waals surface area contributed by atoms with E-state index in [9.17, 15) is 0 Å². The Morgan fingerprint density at radius 2 is 1.64 bits per heavy atom. The third-order valence-electron chi connectivity index (χ3n) is 3.20. The molecule has 0 saturated carbocycles. The first-order chi connectivity index (χ1) is 6.84. The summed E-state index contributed by atoms with van der Waals surface area (Å²) in [4.78, 5) is 2.65. The van der Waals surface area contributed by atoms with Crippen LogP contribution in [-0.2, 0) is 0 Å². The number of hydrogen-bond donors (Lipinski definition) is 1. The highest BCUT2D eigenvalue weighted by atomic mass is 15.2. The van der Waals surface area contributed by atoms with Gasteiger partial charge < -0.3 is 5.32 Å². The molecule has 1 saturated heterocycles. The van der Waals surface area contributed by atoms with Crippen LogP contribution in [0.4, 0.5) is 0 Å². The van der Waals surface area contributed by atoms with Crippen molar-refractivity contribution in [1.82, 2.24) is 10.2 Å². The quantitative estimate of drug-likeness (QED) is 0.745. The molecular formula is C12H26N2. The zero-order valence-corrected chi connectivity index (χ0v) is 9.89. The summed E-state index contributed by atoms with van der Waals surface area (Å²) in [7, 11) is 0. The van der Waals surface area contributed by atoms with Crippen molar-refractivity contribution in [3.63, 3.8) is 0 Å². The van der Waals surface area contributed by atoms with E-state index in [1.54, 1.807) is 0 Å². The Kier molecular flexibility index (Phi) is 6.20. The molecule has 14 heavy (non-hydrogen) atoms. The molecule has 1 rings (SSSR count). The van der Waals surface area contributed by atoms with Crippen molar-refractivity contribution in [1.29, 1.82) is 0 Å². The van der Waals surface area contributed by atoms with Crippen LogP contribution in [0.25, 0.3) is 0 Å². The molecule has 2 nitrogen and oxygen atoms in total. The molecule has 1 unspecified atom stereocenters. The van der Waals surface area contributed by atoms with Crippen molar-refractivity contribution in [2.45, 2.75) is 52.0 Å². The van der Waals surface area contributed by atoms with E-state index in [4.69, 9.17) is 0 Å². The van der Waals surface area contributed by atoms with E-state index in [2.05, 4.69) is 24.1 Å². The first-order valence-electron chi connectivity index (χ1n) is 6.29. The van der Waals surface area contributed by atoms with Gasteiger partial charge in [0.1, 0.15) is 0 Å². The summed E-state index contributed by atoms with van der Waals surface area (Å²) >= 11 is 0. The van der Waals surface area contributed by atoms with Crippen molar-refractivity contribution >= 4 is 0 Å². The Morgan fingerprint density at radius 3 is 2.21 bits per heavy atom. The van der Waals surface area contributed by atoms with Crippen LogP contribution in [0.5, 0.6) is 0 Å². The number of likely N-dealkylation sites (tertiary alicyclic amines) is 1. The normalized spacial score (nSPS) is 22.7. The Labute approximate surface area is 89.1 Å². The first-order valence-corrected chi connectivity index (χ1v) is 6.29. The van der Waals surface area contributed by atoms with Gasteiger partial charge in [0.15, 0.2) is 0 Å². The molecule has 1 heterocycles. The predicted octanol–water partition coefficient (Wildman–Crippen LogP) is 2.25. The summed E-state index contributed by atoms with van der Waals surface area (Å²) in [5.74, 6) is 0. The van der Waals surface area contributed by atoms with Crippen molar-refractivity contribution in [3.05, 3.63) is 0 Å². The molecule has 1 aliphatic rings. The number of rotatable bonds is 4. The lowest BCUT2D eigenvalue weighted by molar-refractivity contribution is 0.187. The largest absolute Gasteiger partial charge is 0.315 e. The van der Waals surface area contributed by atoms with E-state index >= 15 is 0 Å². The molecule has 1 atom stereocenters. The highest BCUT2D eigenvalue weighted by Gasteiger charge is 2.13. The van der Waals surface area contributed by atoms with Crippen LogP contribution in [-0.4, -0.2) is 37.1 Å². The fraction of sp³-hybridized carbons (Fsp3) is 1.00. The number of hydrogen-bond acceptors (Lipinski definition) is 2. The van der Waals surface area contributed by atoms with Gasteiger partial charge >= 0.3 is 0 Å². The maximum Gasteiger partial charge on any atom is 0.0192 e. The minimum atomic E-state index is 0.716. The third-order valence-corrected chi connectivity index (χ3v) is 3.20. The van der Waals surface area contributed by atoms with Crippen molar-refractivity contribution < 1.29 is 0 Å². The fourth-order valence-electron chi connectivity index (χ4n) is 2.20. The van der Waals surface area contributed by atoms with Crippen molar-refractivity contribution in [3.8, 4) is 0 Å². The minimum Gasteiger partial charge on any atom is -0.315 e. The fourth-order valence-corrected chi connectivity index (χ4v) is 2.20. The Balaban J connectivity index is 2.23. The molecule has 0 spiro atoms. The maximum absolute atomic E-state index is 3.44. The second kappa shape index (κ2) is 7.24. The Hall–Kier alpha value is -0.0800. The highest BCUT2D eigenvalue weighted by Crippen LogP contribution is 2.12. The van der Waals surface area contributed by atoms with Gasteiger partial charge in [0.2, 0.25) is 0 Å². The minimum absolute atomic E-state index is 0.716. The Bertz CT molecular complexity index is 128. The standard InChI is InChI=1S/C12H26N2/c1-3-13-11-12(2)14-9-7-5-4-6-8-10-14/h12-13H,3-11H2,1-2H3. The first kappa shape index (κ1) is 12.0. The van der Waals surface area contributed by atoms with Crippen molar-refractivity contribution in [2.24, 2.45) is 0 Å². The van der Waals surface area contributed by atoms with Gasteiger partial charge in [0, 0.05) is 12.6 Å². The molecule has 1 N–H and O–H groups in total. The number of nitrogens with one attached hydrogen (secondary N) is 1. The molecule has 2 heteroatoms. The van der Waals surface area contributed by atoms with Crippen molar-refractivity contribution in [2.75, 3.05) is 26.2 Å². The van der Waals surface area contributed by atoms with E-state index < -0.39 is 0 Å². The lowest BCUT2D eigenvalue weighted by Gasteiger charge is -2.30. The van der Waals surface area contributed by atoms with Gasteiger partial charge in [0.05, 0.1) is 0 Å². The van der Waals surface area contributed by atoms with Crippen LogP contribution >= 0.6 is 0 Å². The zero-order valence-electron chi connectivity index (χ0n) is 9.89. The van der Waals surface area contributed by atoms with Gasteiger partial charge in [-0.25, -0.2) is 0 Å². The van der Waals surface area contributed by atoms with Gasteiger partial charge in [-0.1, -0.05) is 26.2 Å². The molecule has 0 aliphatic carbocycles. The SMILES string of the molecule is CCNCC(C)N1CCCCCCC1. The maximum atomic E-state index is 3.44. The lowest BCUT2D eigenvalue weighted by atomic mass is 10.1. The molecule has 84 valence electrons. The molecule has 0 aromatic heterocycles. The van der Waals surface area contributed by atoms with Gasteiger partial charge in [-0.05, 0) is 39.4 Å². The van der Waals surface area contributed by atoms with Gasteiger partial charge in [-0.3, -0.25) is 4.90 Å². The molecule has 0 amide bonds. The van der Waals surface area contributed by atoms with Gasteiger partial charge in [-0.2, -0.15) is 0 Å². The molecule has 0 aromatic carbocycles. The summed E-state index contributed by atoms with van der Waals surface area (Å²) in [5, 5.41) is 3.44. The van der Waals surface area contributed by atoms with E-state index in [1.807, 2.05) is 0 Å². The predicted molar refractivity (Wildman–Crippen MR) is 62.7 cm³/mol. The Morgan fingerprint density at radius 1 is 1.07 bits per heavy atom. The molecule has 0 bridgehead atoms. The zero-order chi connectivity index (χ0) is 10.2. The second-order valence-corrected chi connectivity index (χ2v) is 4.46. The summed E-state index contributed by atoms with van der Waals surface area (Å²) in [6, 6.07) is 0.716. The third kappa shape index (κ3) is 4.43. The van der Waals surface area contributed by atoms with E-state index in [-0.39, 0.29) is 0 Å². The van der Waals surface area contributed by atoms with Gasteiger partial charge in [-0.15, -0.1) is 0 Å². The van der Waals surface area contributed by atoms with Crippen LogP contribution in [0, 0.1) is 0 Å². The highest BCUT2D eigenvalue weighted by molar-refractivity contribution is 4.71. The smallest absolute Gasteiger partial charge is 0.0192 e. The number of likely N-dealkylation sites (N-methyl/N-ethyl adjacent to an activating group) is 1. The molecule has 1 aliphatic heterocycles. The summed E-state index contributed by atoms with van der Waals surface area (Å²) in [6.45, 7) is 9.40. The van der Waals surface area contributed by atoms with E-state index in [0.29, 0.717) is 6.04 Å². The summed E-state index contributed by atoms with van der Waals surface area (Å²) in [6.07, 6.45) is 7.12. The summed E-state index contributed by atoms with van der Waals surface area (Å²) < 4.78 is 0. The van der Waals surface area contributed by atoms with Crippen LogP contribution in [0.15, 0.2) is 0 Å².